The van der Waals surface area contributed by atoms with Crippen molar-refractivity contribution < 1.29 is 0 Å². The van der Waals surface area contributed by atoms with Gasteiger partial charge in [-0.25, -0.2) is 0 Å². The van der Waals surface area contributed by atoms with Crippen molar-refractivity contribution in [2.75, 3.05) is 11.9 Å². The number of aliphatic imine (C=N–C) groups is 1. The van der Waals surface area contributed by atoms with Gasteiger partial charge in [-0.15, -0.1) is 34.2 Å². The predicted molar refractivity (Wildman–Crippen MR) is 108 cm³/mol. The van der Waals surface area contributed by atoms with Gasteiger partial charge in [0, 0.05) is 31.6 Å². The molecule has 0 radical (unpaired) electrons. The van der Waals surface area contributed by atoms with Crippen LogP contribution in [0.1, 0.15) is 37.3 Å². The standard InChI is InChI=1S/C17H24N6.HI/c18-17(20-14-8-3-1-4-9-14)19-12-7-11-16-22-21-15-10-5-2-6-13-23(15)16;/h1,3-4,8-9H,2,5-7,10-13H2,(H3,18,19,20);1H. The van der Waals surface area contributed by atoms with Crippen LogP contribution < -0.4 is 11.1 Å². The predicted octanol–water partition coefficient (Wildman–Crippen LogP) is 2.98. The second-order valence-electron chi connectivity index (χ2n) is 5.86. The Bertz CT molecular complexity index is 652. The van der Waals surface area contributed by atoms with E-state index >= 15 is 0 Å². The van der Waals surface area contributed by atoms with E-state index in [-0.39, 0.29) is 24.0 Å². The first-order valence-electron chi connectivity index (χ1n) is 8.36. The zero-order chi connectivity index (χ0) is 15.9. The van der Waals surface area contributed by atoms with Crippen molar-refractivity contribution in [2.24, 2.45) is 10.7 Å². The summed E-state index contributed by atoms with van der Waals surface area (Å²) in [7, 11) is 0. The second kappa shape index (κ2) is 9.61. The highest BCUT2D eigenvalue weighted by Gasteiger charge is 2.13. The fourth-order valence-electron chi connectivity index (χ4n) is 2.88. The molecule has 6 nitrogen and oxygen atoms in total. The molecule has 0 aliphatic carbocycles. The molecule has 0 spiro atoms. The normalized spacial score (nSPS) is 14.4. The molecular weight excluding hydrogens is 415 g/mol. The number of para-hydroxylation sites is 1. The van der Waals surface area contributed by atoms with Crippen molar-refractivity contribution in [3.05, 3.63) is 42.0 Å². The number of fused-ring (bicyclic) bond motifs is 1. The van der Waals surface area contributed by atoms with E-state index in [1.165, 1.54) is 19.3 Å². The molecular formula is C17H25IN6. The van der Waals surface area contributed by atoms with Gasteiger partial charge in [-0.2, -0.15) is 0 Å². The highest BCUT2D eigenvalue weighted by molar-refractivity contribution is 14.0. The number of hydrogen-bond donors (Lipinski definition) is 2. The van der Waals surface area contributed by atoms with Crippen LogP contribution in [0, 0.1) is 0 Å². The number of guanidine groups is 1. The minimum atomic E-state index is 0. The topological polar surface area (TPSA) is 81.1 Å². The molecule has 3 rings (SSSR count). The molecule has 1 aliphatic heterocycles. The van der Waals surface area contributed by atoms with Crippen LogP contribution in [0.5, 0.6) is 0 Å². The summed E-state index contributed by atoms with van der Waals surface area (Å²) in [6.45, 7) is 1.74. The van der Waals surface area contributed by atoms with Crippen molar-refractivity contribution in [2.45, 2.75) is 45.1 Å². The lowest BCUT2D eigenvalue weighted by molar-refractivity contribution is 0.598. The quantitative estimate of drug-likeness (QED) is 0.324. The van der Waals surface area contributed by atoms with Crippen LogP contribution in [-0.4, -0.2) is 27.3 Å². The average Bonchev–Trinajstić information content (AvgIpc) is 2.79. The molecule has 1 aromatic carbocycles. The van der Waals surface area contributed by atoms with Gasteiger partial charge in [-0.3, -0.25) is 4.99 Å². The van der Waals surface area contributed by atoms with E-state index in [4.69, 9.17) is 5.73 Å². The number of rotatable bonds is 5. The van der Waals surface area contributed by atoms with Gasteiger partial charge >= 0.3 is 0 Å². The first-order valence-corrected chi connectivity index (χ1v) is 8.36. The Labute approximate surface area is 160 Å². The molecule has 24 heavy (non-hydrogen) atoms. The Kier molecular flexibility index (Phi) is 7.48. The number of anilines is 1. The molecule has 0 amide bonds. The third kappa shape index (κ3) is 5.19. The number of aryl methyl sites for hydroxylation is 2. The van der Waals surface area contributed by atoms with Gasteiger partial charge in [0.25, 0.3) is 0 Å². The van der Waals surface area contributed by atoms with E-state index in [2.05, 4.69) is 25.1 Å². The smallest absolute Gasteiger partial charge is 0.193 e. The van der Waals surface area contributed by atoms with E-state index < -0.39 is 0 Å². The first kappa shape index (κ1) is 18.7. The Morgan fingerprint density at radius 3 is 2.83 bits per heavy atom. The van der Waals surface area contributed by atoms with Gasteiger partial charge in [0.1, 0.15) is 11.6 Å². The summed E-state index contributed by atoms with van der Waals surface area (Å²) in [6, 6.07) is 9.83. The van der Waals surface area contributed by atoms with E-state index in [0.717, 1.165) is 43.1 Å². The van der Waals surface area contributed by atoms with Crippen LogP contribution in [0.4, 0.5) is 5.69 Å². The zero-order valence-corrected chi connectivity index (χ0v) is 16.1. The number of halogens is 1. The Morgan fingerprint density at radius 1 is 1.17 bits per heavy atom. The summed E-state index contributed by atoms with van der Waals surface area (Å²) in [5, 5.41) is 11.8. The summed E-state index contributed by atoms with van der Waals surface area (Å²) in [6.07, 6.45) is 6.62. The highest BCUT2D eigenvalue weighted by atomic mass is 127. The number of nitrogens with zero attached hydrogens (tertiary/aromatic N) is 4. The maximum Gasteiger partial charge on any atom is 0.193 e. The van der Waals surface area contributed by atoms with Gasteiger partial charge in [0.05, 0.1) is 0 Å². The van der Waals surface area contributed by atoms with Crippen LogP contribution in [0.2, 0.25) is 0 Å². The van der Waals surface area contributed by atoms with Crippen molar-refractivity contribution in [1.29, 1.82) is 0 Å². The minimum absolute atomic E-state index is 0. The van der Waals surface area contributed by atoms with Crippen LogP contribution in [0.3, 0.4) is 0 Å². The first-order chi connectivity index (χ1) is 11.3. The SMILES string of the molecule is I.NC(=NCCCc1nnc2n1CCCCC2)Nc1ccccc1. The maximum absolute atomic E-state index is 5.90. The summed E-state index contributed by atoms with van der Waals surface area (Å²) >= 11 is 0. The molecule has 1 aliphatic rings. The van der Waals surface area contributed by atoms with Gasteiger partial charge in [0.15, 0.2) is 5.96 Å². The summed E-state index contributed by atoms with van der Waals surface area (Å²) in [5.74, 6) is 2.69. The number of benzene rings is 1. The Morgan fingerprint density at radius 2 is 2.00 bits per heavy atom. The maximum atomic E-state index is 5.90. The molecule has 0 saturated carbocycles. The molecule has 0 saturated heterocycles. The summed E-state index contributed by atoms with van der Waals surface area (Å²) in [5.41, 5.74) is 6.86. The van der Waals surface area contributed by atoms with E-state index in [0.29, 0.717) is 12.5 Å². The highest BCUT2D eigenvalue weighted by Crippen LogP contribution is 2.15. The van der Waals surface area contributed by atoms with Crippen molar-refractivity contribution in [3.8, 4) is 0 Å². The monoisotopic (exact) mass is 440 g/mol. The van der Waals surface area contributed by atoms with E-state index in [1.54, 1.807) is 0 Å². The fraction of sp³-hybridized carbons (Fsp3) is 0.471. The van der Waals surface area contributed by atoms with Crippen molar-refractivity contribution in [3.63, 3.8) is 0 Å². The largest absolute Gasteiger partial charge is 0.370 e. The van der Waals surface area contributed by atoms with Crippen LogP contribution in [0.25, 0.3) is 0 Å². The minimum Gasteiger partial charge on any atom is -0.370 e. The van der Waals surface area contributed by atoms with Gasteiger partial charge in [-0.1, -0.05) is 24.6 Å². The lowest BCUT2D eigenvalue weighted by Crippen LogP contribution is -2.22. The van der Waals surface area contributed by atoms with Crippen LogP contribution >= 0.6 is 24.0 Å². The summed E-state index contributed by atoms with van der Waals surface area (Å²) < 4.78 is 2.29. The third-order valence-electron chi connectivity index (χ3n) is 4.07. The van der Waals surface area contributed by atoms with Crippen LogP contribution in [-0.2, 0) is 19.4 Å². The Balaban J connectivity index is 0.00000208. The third-order valence-corrected chi connectivity index (χ3v) is 4.07. The van der Waals surface area contributed by atoms with Crippen molar-refractivity contribution in [1.82, 2.24) is 14.8 Å². The fourth-order valence-corrected chi connectivity index (χ4v) is 2.88. The zero-order valence-electron chi connectivity index (χ0n) is 13.8. The molecule has 2 aromatic rings. The van der Waals surface area contributed by atoms with Gasteiger partial charge in [-0.05, 0) is 31.4 Å². The van der Waals surface area contributed by atoms with Crippen LogP contribution in [0.15, 0.2) is 35.3 Å². The van der Waals surface area contributed by atoms with Crippen molar-refractivity contribution >= 4 is 35.6 Å². The van der Waals surface area contributed by atoms with Gasteiger partial charge < -0.3 is 15.6 Å². The second-order valence-corrected chi connectivity index (χ2v) is 5.86. The molecule has 2 heterocycles. The van der Waals surface area contributed by atoms with E-state index in [1.807, 2.05) is 30.3 Å². The molecule has 0 unspecified atom stereocenters. The molecule has 3 N–H and O–H groups in total. The number of aromatic nitrogens is 3. The number of nitrogens with one attached hydrogen (secondary N) is 1. The molecule has 0 atom stereocenters. The van der Waals surface area contributed by atoms with Gasteiger partial charge in [0.2, 0.25) is 0 Å². The molecule has 7 heteroatoms. The lowest BCUT2D eigenvalue weighted by Gasteiger charge is -2.07. The molecule has 0 fully saturated rings. The lowest BCUT2D eigenvalue weighted by atomic mass is 10.2. The number of hydrogen-bond acceptors (Lipinski definition) is 3. The Hall–Kier alpha value is -1.64. The average molecular weight is 440 g/mol. The summed E-state index contributed by atoms with van der Waals surface area (Å²) in [4.78, 5) is 4.38. The van der Waals surface area contributed by atoms with E-state index in [9.17, 15) is 0 Å². The molecule has 0 bridgehead atoms. The molecule has 130 valence electrons. The molecule has 1 aromatic heterocycles. The number of nitrogens with two attached hydrogens (primary N) is 1.